The highest BCUT2D eigenvalue weighted by atomic mass is 35.5. The van der Waals surface area contributed by atoms with Crippen LogP contribution in [0.2, 0.25) is 5.02 Å². The Morgan fingerprint density at radius 3 is 3.12 bits per heavy atom. The van der Waals surface area contributed by atoms with Crippen LogP contribution in [0.25, 0.3) is 0 Å². The number of nitrogens with zero attached hydrogens (tertiary/aromatic N) is 1. The van der Waals surface area contributed by atoms with Crippen molar-refractivity contribution in [2.24, 2.45) is 0 Å². The maximum Gasteiger partial charge on any atom is 0.141 e. The lowest BCUT2D eigenvalue weighted by Gasteiger charge is -2.34. The van der Waals surface area contributed by atoms with Crippen molar-refractivity contribution < 1.29 is 9.13 Å². The third-order valence-electron chi connectivity index (χ3n) is 2.84. The Balaban J connectivity index is 2.08. The number of nitrogens with one attached hydrogen (secondary N) is 1. The number of morpholine rings is 1. The summed E-state index contributed by atoms with van der Waals surface area (Å²) in [5.41, 5.74) is 0.945. The molecule has 1 aliphatic heterocycles. The lowest BCUT2D eigenvalue weighted by Crippen LogP contribution is -2.46. The third kappa shape index (κ3) is 3.09. The van der Waals surface area contributed by atoms with E-state index in [-0.39, 0.29) is 16.9 Å². The van der Waals surface area contributed by atoms with E-state index in [0.29, 0.717) is 6.61 Å². The first-order chi connectivity index (χ1) is 8.20. The number of hydrogen-bond acceptors (Lipinski definition) is 3. The van der Waals surface area contributed by atoms with Gasteiger partial charge in [-0.3, -0.25) is 0 Å². The molecule has 17 heavy (non-hydrogen) atoms. The van der Waals surface area contributed by atoms with Crippen molar-refractivity contribution in [3.05, 3.63) is 29.0 Å². The van der Waals surface area contributed by atoms with E-state index >= 15 is 0 Å². The van der Waals surface area contributed by atoms with Crippen LogP contribution in [0, 0.1) is 5.82 Å². The van der Waals surface area contributed by atoms with E-state index < -0.39 is 0 Å². The molecular weight excluding hydrogens is 243 g/mol. The van der Waals surface area contributed by atoms with Crippen LogP contribution in [0.1, 0.15) is 0 Å². The summed E-state index contributed by atoms with van der Waals surface area (Å²) in [4.78, 5) is 2.16. The smallest absolute Gasteiger partial charge is 0.141 e. The van der Waals surface area contributed by atoms with Gasteiger partial charge in [0.25, 0.3) is 0 Å². The molecule has 0 aliphatic carbocycles. The molecule has 0 amide bonds. The molecule has 0 bridgehead atoms. The van der Waals surface area contributed by atoms with Crippen molar-refractivity contribution >= 4 is 17.3 Å². The minimum absolute atomic E-state index is 0.164. The van der Waals surface area contributed by atoms with Gasteiger partial charge in [-0.15, -0.1) is 0 Å². The molecule has 1 unspecified atom stereocenters. The van der Waals surface area contributed by atoms with Gasteiger partial charge in [0.1, 0.15) is 5.82 Å². The molecule has 1 fully saturated rings. The largest absolute Gasteiger partial charge is 0.373 e. The van der Waals surface area contributed by atoms with Crippen LogP contribution in [0.4, 0.5) is 10.1 Å². The Kier molecular flexibility index (Phi) is 4.20. The van der Waals surface area contributed by atoms with Gasteiger partial charge >= 0.3 is 0 Å². The number of ether oxygens (including phenoxy) is 1. The lowest BCUT2D eigenvalue weighted by atomic mass is 10.2. The highest BCUT2D eigenvalue weighted by molar-refractivity contribution is 6.31. The highest BCUT2D eigenvalue weighted by Crippen LogP contribution is 2.24. The number of hydrogen-bond donors (Lipinski definition) is 1. The molecule has 1 saturated heterocycles. The lowest BCUT2D eigenvalue weighted by molar-refractivity contribution is 0.0422. The first-order valence-electron chi connectivity index (χ1n) is 5.67. The Hall–Kier alpha value is -0.840. The normalized spacial score (nSPS) is 20.6. The van der Waals surface area contributed by atoms with Gasteiger partial charge in [0, 0.05) is 25.3 Å². The van der Waals surface area contributed by atoms with Gasteiger partial charge in [0.2, 0.25) is 0 Å². The third-order valence-corrected chi connectivity index (χ3v) is 3.13. The van der Waals surface area contributed by atoms with E-state index in [4.69, 9.17) is 16.3 Å². The zero-order valence-electron chi connectivity index (χ0n) is 9.75. The molecule has 94 valence electrons. The van der Waals surface area contributed by atoms with Crippen LogP contribution in [0.3, 0.4) is 0 Å². The van der Waals surface area contributed by atoms with Gasteiger partial charge in [0.15, 0.2) is 0 Å². The quantitative estimate of drug-likeness (QED) is 0.896. The second kappa shape index (κ2) is 5.67. The van der Waals surface area contributed by atoms with E-state index in [1.807, 2.05) is 7.05 Å². The Labute approximate surface area is 106 Å². The zero-order chi connectivity index (χ0) is 12.3. The molecule has 3 nitrogen and oxygen atoms in total. The molecule has 0 aromatic heterocycles. The molecule has 1 aromatic rings. The first-order valence-corrected chi connectivity index (χ1v) is 6.04. The van der Waals surface area contributed by atoms with Crippen LogP contribution in [-0.2, 0) is 4.74 Å². The molecule has 0 radical (unpaired) electrons. The van der Waals surface area contributed by atoms with Crippen LogP contribution in [-0.4, -0.2) is 39.4 Å². The summed E-state index contributed by atoms with van der Waals surface area (Å²) in [6.07, 6.45) is 0.164. The Bertz CT molecular complexity index is 387. The van der Waals surface area contributed by atoms with Gasteiger partial charge in [-0.1, -0.05) is 11.6 Å². The summed E-state index contributed by atoms with van der Waals surface area (Å²) in [7, 11) is 1.90. The summed E-state index contributed by atoms with van der Waals surface area (Å²) in [6, 6.07) is 4.82. The van der Waals surface area contributed by atoms with E-state index in [9.17, 15) is 4.39 Å². The van der Waals surface area contributed by atoms with E-state index in [1.54, 1.807) is 12.1 Å². The topological polar surface area (TPSA) is 24.5 Å². The summed E-state index contributed by atoms with van der Waals surface area (Å²) in [5, 5.41) is 3.26. The number of anilines is 1. The zero-order valence-corrected chi connectivity index (χ0v) is 10.5. The summed E-state index contributed by atoms with van der Waals surface area (Å²) in [5.74, 6) is -0.379. The Morgan fingerprint density at radius 2 is 2.41 bits per heavy atom. The summed E-state index contributed by atoms with van der Waals surface area (Å²) in [6.45, 7) is 3.09. The van der Waals surface area contributed by atoms with E-state index in [0.717, 1.165) is 25.3 Å². The number of benzene rings is 1. The van der Waals surface area contributed by atoms with E-state index in [2.05, 4.69) is 10.2 Å². The monoisotopic (exact) mass is 258 g/mol. The average Bonchev–Trinajstić information content (AvgIpc) is 2.33. The predicted octanol–water partition coefficient (Wildman–Crippen LogP) is 1.90. The second-order valence-electron chi connectivity index (χ2n) is 4.09. The van der Waals surface area contributed by atoms with Gasteiger partial charge in [-0.25, -0.2) is 4.39 Å². The number of halogens is 2. The van der Waals surface area contributed by atoms with Crippen LogP contribution in [0.5, 0.6) is 0 Å². The number of rotatable bonds is 3. The molecule has 1 aliphatic rings. The van der Waals surface area contributed by atoms with Crippen molar-refractivity contribution in [2.45, 2.75) is 6.10 Å². The SMILES string of the molecule is CNCC1CN(c2ccc(F)c(Cl)c2)CCO1. The molecule has 1 N–H and O–H groups in total. The maximum absolute atomic E-state index is 13.1. The fourth-order valence-corrected chi connectivity index (χ4v) is 2.16. The van der Waals surface area contributed by atoms with E-state index in [1.165, 1.54) is 6.07 Å². The molecule has 0 saturated carbocycles. The van der Waals surface area contributed by atoms with Crippen LogP contribution < -0.4 is 10.2 Å². The first kappa shape index (κ1) is 12.6. The maximum atomic E-state index is 13.1. The molecule has 2 rings (SSSR count). The fraction of sp³-hybridized carbons (Fsp3) is 0.500. The van der Waals surface area contributed by atoms with Crippen molar-refractivity contribution in [1.82, 2.24) is 5.32 Å². The van der Waals surface area contributed by atoms with Crippen molar-refractivity contribution in [3.8, 4) is 0 Å². The molecule has 5 heteroatoms. The number of likely N-dealkylation sites (N-methyl/N-ethyl adjacent to an activating group) is 1. The molecule has 0 spiro atoms. The van der Waals surface area contributed by atoms with Gasteiger partial charge in [0.05, 0.1) is 17.7 Å². The molecule has 1 heterocycles. The summed E-state index contributed by atoms with van der Waals surface area (Å²) >= 11 is 5.79. The second-order valence-corrected chi connectivity index (χ2v) is 4.50. The minimum Gasteiger partial charge on any atom is -0.373 e. The van der Waals surface area contributed by atoms with Crippen molar-refractivity contribution in [3.63, 3.8) is 0 Å². The highest BCUT2D eigenvalue weighted by Gasteiger charge is 2.20. The predicted molar refractivity (Wildman–Crippen MR) is 67.3 cm³/mol. The molecule has 1 aromatic carbocycles. The van der Waals surface area contributed by atoms with Gasteiger partial charge < -0.3 is 15.0 Å². The van der Waals surface area contributed by atoms with Crippen molar-refractivity contribution in [1.29, 1.82) is 0 Å². The summed E-state index contributed by atoms with van der Waals surface area (Å²) < 4.78 is 18.7. The van der Waals surface area contributed by atoms with Crippen LogP contribution >= 0.6 is 11.6 Å². The standard InChI is InChI=1S/C12H16ClFN2O/c1-15-7-10-8-16(4-5-17-10)9-2-3-12(14)11(13)6-9/h2-3,6,10,15H,4-5,7-8H2,1H3. The van der Waals surface area contributed by atoms with Gasteiger partial charge in [-0.05, 0) is 25.2 Å². The average molecular weight is 259 g/mol. The van der Waals surface area contributed by atoms with Gasteiger partial charge in [-0.2, -0.15) is 0 Å². The molecular formula is C12H16ClFN2O. The minimum atomic E-state index is -0.379. The van der Waals surface area contributed by atoms with Crippen LogP contribution in [0.15, 0.2) is 18.2 Å². The Morgan fingerprint density at radius 1 is 1.59 bits per heavy atom. The fourth-order valence-electron chi connectivity index (χ4n) is 1.99. The van der Waals surface area contributed by atoms with Crippen molar-refractivity contribution in [2.75, 3.05) is 38.2 Å². The molecule has 1 atom stereocenters.